The number of hydrogen-bond donors (Lipinski definition) is 6. The maximum Gasteiger partial charge on any atom is 0.261 e. The van der Waals surface area contributed by atoms with Crippen molar-refractivity contribution in [3.05, 3.63) is 24.6 Å². The lowest BCUT2D eigenvalue weighted by atomic mass is 10.0. The molecule has 242 valence electrons. The number of allylic oxidation sites excluding steroid dienone is 2. The van der Waals surface area contributed by atoms with Gasteiger partial charge in [-0.25, -0.2) is 0 Å². The molecule has 0 aliphatic carbocycles. The molecule has 0 unspecified atom stereocenters. The van der Waals surface area contributed by atoms with E-state index in [1.165, 1.54) is 109 Å². The number of amides is 2. The first-order chi connectivity index (χ1) is 19.7. The Labute approximate surface area is 250 Å². The zero-order valence-corrected chi connectivity index (χ0v) is 26.1. The van der Waals surface area contributed by atoms with Crippen molar-refractivity contribution < 1.29 is 29.6 Å². The number of nitrogens with two attached hydrogens (primary N) is 3. The highest BCUT2D eigenvalue weighted by Crippen LogP contribution is 2.13. The third kappa shape index (κ3) is 26.5. The number of rotatable bonds is 27. The standard InChI is InChI=1S/C19H36N2O6.C13H27N/c1-2-3-4-5-6-7-8-9-10-11-12-13-27-17(19(21)26)15(23)14(22)16(24)18(20)25;1-2-3-4-5-6-7-8-9-10-11-12-13-14/h12-17,22-24H,2-11H2,1H3,(H2,20,25)(H2,21,26);12-13H,2-11,14H2,1H3/b2*13-12+/t14-,15-,16-,17+;/m0./s1. The molecule has 0 saturated heterocycles. The van der Waals surface area contributed by atoms with Gasteiger partial charge in [0.2, 0.25) is 12.0 Å². The lowest BCUT2D eigenvalue weighted by Crippen LogP contribution is -2.53. The monoisotopic (exact) mass is 585 g/mol. The lowest BCUT2D eigenvalue weighted by Gasteiger charge is -2.25. The molecule has 0 aromatic heterocycles. The van der Waals surface area contributed by atoms with Crippen molar-refractivity contribution in [2.45, 2.75) is 167 Å². The Hall–Kier alpha value is -2.10. The predicted octanol–water partition coefficient (Wildman–Crippen LogP) is 5.24. The predicted molar refractivity (Wildman–Crippen MR) is 167 cm³/mol. The average molecular weight is 586 g/mol. The van der Waals surface area contributed by atoms with Gasteiger partial charge in [-0.15, -0.1) is 0 Å². The molecule has 9 nitrogen and oxygen atoms in total. The van der Waals surface area contributed by atoms with Gasteiger partial charge in [-0.2, -0.15) is 0 Å². The molecule has 0 aliphatic rings. The van der Waals surface area contributed by atoms with Gasteiger partial charge in [-0.3, -0.25) is 9.59 Å². The number of unbranched alkanes of at least 4 members (excludes halogenated alkanes) is 18. The Morgan fingerprint density at radius 3 is 1.37 bits per heavy atom. The van der Waals surface area contributed by atoms with Crippen LogP contribution in [0.15, 0.2) is 24.6 Å². The number of ether oxygens (including phenoxy) is 1. The molecule has 0 saturated carbocycles. The lowest BCUT2D eigenvalue weighted by molar-refractivity contribution is -0.152. The number of primary amides is 2. The molecule has 0 radical (unpaired) electrons. The number of carbonyl (C=O) groups is 2. The molecule has 0 heterocycles. The molecule has 0 aliphatic heterocycles. The van der Waals surface area contributed by atoms with Crippen molar-refractivity contribution in [3.63, 3.8) is 0 Å². The minimum Gasteiger partial charge on any atom is -0.486 e. The van der Waals surface area contributed by atoms with Crippen molar-refractivity contribution in [2.24, 2.45) is 17.2 Å². The fraction of sp³-hybridized carbons (Fsp3) is 0.812. The molecular formula is C32H63N3O6. The highest BCUT2D eigenvalue weighted by molar-refractivity contribution is 5.81. The summed E-state index contributed by atoms with van der Waals surface area (Å²) in [5, 5.41) is 28.9. The van der Waals surface area contributed by atoms with Gasteiger partial charge >= 0.3 is 0 Å². The van der Waals surface area contributed by atoms with E-state index in [9.17, 15) is 24.9 Å². The molecule has 9 N–H and O–H groups in total. The van der Waals surface area contributed by atoms with E-state index < -0.39 is 36.2 Å². The first-order valence-corrected chi connectivity index (χ1v) is 16.0. The Balaban J connectivity index is 0. The SMILES string of the molecule is CCCCCCCCCCC/C=C/N.CCCCCCCCCCC/C=C/O[C@@H](C(N)=O)[C@@H](O)[C@H](O)[C@H](O)C(N)=O. The Morgan fingerprint density at radius 2 is 1.00 bits per heavy atom. The molecule has 41 heavy (non-hydrogen) atoms. The van der Waals surface area contributed by atoms with Crippen LogP contribution in [0.3, 0.4) is 0 Å². The second-order valence-corrected chi connectivity index (χ2v) is 10.8. The average Bonchev–Trinajstić information content (AvgIpc) is 2.95. The third-order valence-corrected chi connectivity index (χ3v) is 6.96. The summed E-state index contributed by atoms with van der Waals surface area (Å²) in [6, 6.07) is 0. The van der Waals surface area contributed by atoms with E-state index in [1.807, 2.05) is 0 Å². The van der Waals surface area contributed by atoms with Crippen LogP contribution in [-0.4, -0.2) is 51.5 Å². The Morgan fingerprint density at radius 1 is 0.610 bits per heavy atom. The summed E-state index contributed by atoms with van der Waals surface area (Å²) in [4.78, 5) is 22.2. The molecule has 0 fully saturated rings. The van der Waals surface area contributed by atoms with Gasteiger partial charge in [-0.1, -0.05) is 123 Å². The first kappa shape index (κ1) is 41.0. The topological polar surface area (TPSA) is 182 Å². The highest BCUT2D eigenvalue weighted by atomic mass is 16.5. The highest BCUT2D eigenvalue weighted by Gasteiger charge is 2.37. The van der Waals surface area contributed by atoms with Gasteiger partial charge in [0.25, 0.3) is 5.91 Å². The van der Waals surface area contributed by atoms with Crippen LogP contribution in [-0.2, 0) is 14.3 Å². The van der Waals surface area contributed by atoms with Crippen LogP contribution in [0.4, 0.5) is 0 Å². The van der Waals surface area contributed by atoms with Gasteiger partial charge < -0.3 is 37.3 Å². The van der Waals surface area contributed by atoms with Crippen LogP contribution in [0.5, 0.6) is 0 Å². The largest absolute Gasteiger partial charge is 0.486 e. The van der Waals surface area contributed by atoms with Gasteiger partial charge in [0, 0.05) is 0 Å². The maximum absolute atomic E-state index is 11.4. The maximum atomic E-state index is 11.4. The molecule has 4 atom stereocenters. The Bertz CT molecular complexity index is 659. The van der Waals surface area contributed by atoms with Crippen LogP contribution < -0.4 is 17.2 Å². The fourth-order valence-electron chi connectivity index (χ4n) is 4.30. The van der Waals surface area contributed by atoms with E-state index in [-0.39, 0.29) is 0 Å². The molecule has 0 bridgehead atoms. The number of aliphatic hydroxyl groups is 3. The van der Waals surface area contributed by atoms with E-state index in [4.69, 9.17) is 21.9 Å². The smallest absolute Gasteiger partial charge is 0.261 e. The van der Waals surface area contributed by atoms with E-state index in [2.05, 4.69) is 19.9 Å². The van der Waals surface area contributed by atoms with Gasteiger partial charge in [0.05, 0.1) is 6.26 Å². The number of hydrogen-bond acceptors (Lipinski definition) is 7. The second kappa shape index (κ2) is 30.8. The quantitative estimate of drug-likeness (QED) is 0.0562. The summed E-state index contributed by atoms with van der Waals surface area (Å²) in [6.07, 6.45) is 24.6. The third-order valence-electron chi connectivity index (χ3n) is 6.96. The van der Waals surface area contributed by atoms with Crippen molar-refractivity contribution in [2.75, 3.05) is 0 Å². The Kier molecular flexibility index (Phi) is 30.9. The molecule has 2 amide bonds. The van der Waals surface area contributed by atoms with E-state index in [1.54, 1.807) is 12.3 Å². The molecule has 0 aromatic rings. The van der Waals surface area contributed by atoms with E-state index >= 15 is 0 Å². The van der Waals surface area contributed by atoms with Crippen molar-refractivity contribution in [1.29, 1.82) is 0 Å². The van der Waals surface area contributed by atoms with Crippen molar-refractivity contribution in [1.82, 2.24) is 0 Å². The van der Waals surface area contributed by atoms with E-state index in [0.717, 1.165) is 25.7 Å². The van der Waals surface area contributed by atoms with Crippen LogP contribution in [0.25, 0.3) is 0 Å². The summed E-state index contributed by atoms with van der Waals surface area (Å²) in [7, 11) is 0. The minimum absolute atomic E-state index is 0.740. The first-order valence-electron chi connectivity index (χ1n) is 16.0. The molecule has 9 heteroatoms. The minimum atomic E-state index is -2.03. The summed E-state index contributed by atoms with van der Waals surface area (Å²) >= 11 is 0. The summed E-state index contributed by atoms with van der Waals surface area (Å²) in [5.74, 6) is -2.27. The number of carbonyl (C=O) groups excluding carboxylic acids is 2. The fourth-order valence-corrected chi connectivity index (χ4v) is 4.30. The van der Waals surface area contributed by atoms with E-state index in [0.29, 0.717) is 0 Å². The van der Waals surface area contributed by atoms with Crippen LogP contribution in [0, 0.1) is 0 Å². The van der Waals surface area contributed by atoms with Crippen LogP contribution in [0.1, 0.15) is 142 Å². The second-order valence-electron chi connectivity index (χ2n) is 10.8. The van der Waals surface area contributed by atoms with Crippen molar-refractivity contribution >= 4 is 11.8 Å². The number of aliphatic hydroxyl groups excluding tert-OH is 3. The zero-order valence-electron chi connectivity index (χ0n) is 26.1. The van der Waals surface area contributed by atoms with Crippen LogP contribution in [0.2, 0.25) is 0 Å². The van der Waals surface area contributed by atoms with Crippen LogP contribution >= 0.6 is 0 Å². The van der Waals surface area contributed by atoms with Gasteiger partial charge in [0.1, 0.15) is 12.2 Å². The van der Waals surface area contributed by atoms with Crippen molar-refractivity contribution in [3.8, 4) is 0 Å². The summed E-state index contributed by atoms with van der Waals surface area (Å²) in [5.41, 5.74) is 15.2. The summed E-state index contributed by atoms with van der Waals surface area (Å²) < 4.78 is 5.07. The van der Waals surface area contributed by atoms with Gasteiger partial charge in [-0.05, 0) is 38.0 Å². The molecule has 0 aromatic carbocycles. The molecular weight excluding hydrogens is 522 g/mol. The zero-order chi connectivity index (χ0) is 31.1. The summed E-state index contributed by atoms with van der Waals surface area (Å²) in [6.45, 7) is 4.47. The molecule has 0 rings (SSSR count). The van der Waals surface area contributed by atoms with Gasteiger partial charge in [0.15, 0.2) is 6.10 Å². The normalized spacial score (nSPS) is 14.4. The molecule has 0 spiro atoms.